The number of rotatable bonds is 3. The number of aromatic nitrogens is 2. The van der Waals surface area contributed by atoms with Gasteiger partial charge in [0.1, 0.15) is 11.4 Å². The highest BCUT2D eigenvalue weighted by Crippen LogP contribution is 2.35. The molecule has 4 rings (SSSR count). The molecular weight excluding hydrogens is 358 g/mol. The standard InChI is InChI=1S/C21H23N3O2S/c1-14-8-6-7-11-24(14)17(25)12-23-13-22-20-19(21(23)26)18(15(2)27-20)16-9-4-3-5-10-16/h3-5,9-10,13-14H,6-8,11-12H2,1-2H3/t14-/m0/s1. The van der Waals surface area contributed by atoms with E-state index in [0.29, 0.717) is 5.39 Å². The van der Waals surface area contributed by atoms with Crippen molar-refractivity contribution in [3.8, 4) is 11.1 Å². The molecule has 1 saturated heterocycles. The largest absolute Gasteiger partial charge is 0.338 e. The summed E-state index contributed by atoms with van der Waals surface area (Å²) in [5.74, 6) is -0.00124. The maximum Gasteiger partial charge on any atom is 0.263 e. The van der Waals surface area contributed by atoms with Crippen LogP contribution in [0.3, 0.4) is 0 Å². The third-order valence-electron chi connectivity index (χ3n) is 5.35. The van der Waals surface area contributed by atoms with Gasteiger partial charge in [0.05, 0.1) is 11.7 Å². The number of nitrogens with zero attached hydrogens (tertiary/aromatic N) is 3. The van der Waals surface area contributed by atoms with E-state index >= 15 is 0 Å². The van der Waals surface area contributed by atoms with Gasteiger partial charge < -0.3 is 4.90 Å². The molecule has 3 heterocycles. The molecule has 0 aliphatic carbocycles. The number of hydrogen-bond donors (Lipinski definition) is 0. The van der Waals surface area contributed by atoms with Gasteiger partial charge in [0.2, 0.25) is 5.91 Å². The van der Waals surface area contributed by atoms with Crippen LogP contribution in [0.2, 0.25) is 0 Å². The molecule has 27 heavy (non-hydrogen) atoms. The van der Waals surface area contributed by atoms with Crippen LogP contribution in [0.4, 0.5) is 0 Å². The Morgan fingerprint density at radius 2 is 2.04 bits per heavy atom. The highest BCUT2D eigenvalue weighted by Gasteiger charge is 2.24. The van der Waals surface area contributed by atoms with Gasteiger partial charge in [0.15, 0.2) is 0 Å². The van der Waals surface area contributed by atoms with Crippen molar-refractivity contribution >= 4 is 27.5 Å². The van der Waals surface area contributed by atoms with Crippen LogP contribution in [-0.2, 0) is 11.3 Å². The fourth-order valence-electron chi connectivity index (χ4n) is 3.91. The average molecular weight is 382 g/mol. The lowest BCUT2D eigenvalue weighted by atomic mass is 10.0. The Bertz CT molecular complexity index is 1040. The highest BCUT2D eigenvalue weighted by atomic mass is 32.1. The summed E-state index contributed by atoms with van der Waals surface area (Å²) in [5, 5.41) is 0.616. The number of thiophene rings is 1. The van der Waals surface area contributed by atoms with Crippen LogP contribution in [-0.4, -0.2) is 32.9 Å². The van der Waals surface area contributed by atoms with E-state index in [9.17, 15) is 9.59 Å². The monoisotopic (exact) mass is 381 g/mol. The second-order valence-electron chi connectivity index (χ2n) is 7.19. The minimum atomic E-state index is -0.138. The number of aryl methyl sites for hydroxylation is 1. The molecule has 3 aromatic rings. The van der Waals surface area contributed by atoms with Gasteiger partial charge in [-0.1, -0.05) is 30.3 Å². The molecule has 140 valence electrons. The molecule has 6 heteroatoms. The Kier molecular flexibility index (Phi) is 4.83. The van der Waals surface area contributed by atoms with Crippen LogP contribution in [0.5, 0.6) is 0 Å². The molecule has 2 aromatic heterocycles. The minimum absolute atomic E-state index is 0.00124. The zero-order chi connectivity index (χ0) is 19.0. The van der Waals surface area contributed by atoms with Crippen molar-refractivity contribution in [1.29, 1.82) is 0 Å². The Labute approximate surface area is 162 Å². The summed E-state index contributed by atoms with van der Waals surface area (Å²) in [6.45, 7) is 4.92. The van der Waals surface area contributed by atoms with Crippen LogP contribution < -0.4 is 5.56 Å². The van der Waals surface area contributed by atoms with Crippen LogP contribution in [0.15, 0.2) is 41.5 Å². The first-order valence-electron chi connectivity index (χ1n) is 9.39. The van der Waals surface area contributed by atoms with Crippen LogP contribution in [0, 0.1) is 6.92 Å². The smallest absolute Gasteiger partial charge is 0.263 e. The highest BCUT2D eigenvalue weighted by molar-refractivity contribution is 7.19. The first-order chi connectivity index (χ1) is 13.1. The summed E-state index contributed by atoms with van der Waals surface area (Å²) in [6, 6.07) is 10.1. The van der Waals surface area contributed by atoms with Gasteiger partial charge in [-0.3, -0.25) is 14.2 Å². The van der Waals surface area contributed by atoms with Gasteiger partial charge >= 0.3 is 0 Å². The molecule has 1 fully saturated rings. The molecule has 0 N–H and O–H groups in total. The number of fused-ring (bicyclic) bond motifs is 1. The second kappa shape index (κ2) is 7.27. The Morgan fingerprint density at radius 1 is 1.26 bits per heavy atom. The van der Waals surface area contributed by atoms with Gasteiger partial charge in [-0.25, -0.2) is 4.98 Å². The van der Waals surface area contributed by atoms with E-state index in [1.54, 1.807) is 0 Å². The molecule has 0 unspecified atom stereocenters. The Balaban J connectivity index is 1.74. The Morgan fingerprint density at radius 3 is 2.78 bits per heavy atom. The molecule has 0 saturated carbocycles. The van der Waals surface area contributed by atoms with Gasteiger partial charge in [-0.15, -0.1) is 11.3 Å². The van der Waals surface area contributed by atoms with E-state index in [4.69, 9.17) is 0 Å². The fraction of sp³-hybridized carbons (Fsp3) is 0.381. The van der Waals surface area contributed by atoms with Crippen LogP contribution in [0.1, 0.15) is 31.1 Å². The maximum atomic E-state index is 13.2. The summed E-state index contributed by atoms with van der Waals surface area (Å²) in [5.41, 5.74) is 1.80. The van der Waals surface area contributed by atoms with Gasteiger partial charge in [-0.2, -0.15) is 0 Å². The number of hydrogen-bond acceptors (Lipinski definition) is 4. The van der Waals surface area contributed by atoms with E-state index in [-0.39, 0.29) is 24.1 Å². The first-order valence-corrected chi connectivity index (χ1v) is 10.2. The normalized spacial score (nSPS) is 17.4. The number of carbonyl (C=O) groups is 1. The van der Waals surface area contributed by atoms with Gasteiger partial charge in [0.25, 0.3) is 5.56 Å². The molecular formula is C21H23N3O2S. The Hall–Kier alpha value is -2.47. The molecule has 5 nitrogen and oxygen atoms in total. The van der Waals surface area contributed by atoms with Crippen molar-refractivity contribution < 1.29 is 4.79 Å². The first kappa shape index (κ1) is 17.9. The predicted octanol–water partition coefficient (Wildman–Crippen LogP) is 3.83. The zero-order valence-electron chi connectivity index (χ0n) is 15.6. The van der Waals surface area contributed by atoms with Gasteiger partial charge in [-0.05, 0) is 38.7 Å². The molecule has 0 bridgehead atoms. The quantitative estimate of drug-likeness (QED) is 0.693. The molecule has 0 spiro atoms. The summed E-state index contributed by atoms with van der Waals surface area (Å²) < 4.78 is 1.46. The van der Waals surface area contributed by atoms with Crippen molar-refractivity contribution in [2.24, 2.45) is 0 Å². The summed E-state index contributed by atoms with van der Waals surface area (Å²) >= 11 is 1.52. The summed E-state index contributed by atoms with van der Waals surface area (Å²) in [6.07, 6.45) is 4.73. The van der Waals surface area contributed by atoms with Crippen molar-refractivity contribution in [3.05, 3.63) is 51.9 Å². The molecule has 0 radical (unpaired) electrons. The zero-order valence-corrected chi connectivity index (χ0v) is 16.5. The summed E-state index contributed by atoms with van der Waals surface area (Å²) in [4.78, 5) is 34.1. The molecule has 1 aliphatic heterocycles. The third-order valence-corrected chi connectivity index (χ3v) is 6.36. The number of benzene rings is 1. The SMILES string of the molecule is Cc1sc2ncn(CC(=O)N3CCCC[C@@H]3C)c(=O)c2c1-c1ccccc1. The number of piperidine rings is 1. The summed E-state index contributed by atoms with van der Waals surface area (Å²) in [7, 11) is 0. The van der Waals surface area contributed by atoms with E-state index in [2.05, 4.69) is 11.9 Å². The van der Waals surface area contributed by atoms with Crippen molar-refractivity contribution in [2.45, 2.75) is 45.7 Å². The minimum Gasteiger partial charge on any atom is -0.338 e. The lowest BCUT2D eigenvalue weighted by molar-refractivity contribution is -0.135. The van der Waals surface area contributed by atoms with E-state index < -0.39 is 0 Å². The lowest BCUT2D eigenvalue weighted by Gasteiger charge is -2.33. The molecule has 1 aromatic carbocycles. The number of carbonyl (C=O) groups excluding carboxylic acids is 1. The average Bonchev–Trinajstić information content (AvgIpc) is 3.02. The van der Waals surface area contributed by atoms with Gasteiger partial charge in [0, 0.05) is 23.0 Å². The topological polar surface area (TPSA) is 55.2 Å². The van der Waals surface area contributed by atoms with Crippen LogP contribution in [0.25, 0.3) is 21.3 Å². The predicted molar refractivity (Wildman–Crippen MR) is 109 cm³/mol. The second-order valence-corrected chi connectivity index (χ2v) is 8.39. The molecule has 1 atom stereocenters. The van der Waals surface area contributed by atoms with Crippen molar-refractivity contribution in [1.82, 2.24) is 14.5 Å². The number of likely N-dealkylation sites (tertiary alicyclic amines) is 1. The van der Waals surface area contributed by atoms with Crippen molar-refractivity contribution in [3.63, 3.8) is 0 Å². The third kappa shape index (κ3) is 3.30. The lowest BCUT2D eigenvalue weighted by Crippen LogP contribution is -2.44. The van der Waals surface area contributed by atoms with E-state index in [1.807, 2.05) is 42.2 Å². The number of amides is 1. The van der Waals surface area contributed by atoms with Crippen LogP contribution >= 0.6 is 11.3 Å². The van der Waals surface area contributed by atoms with E-state index in [0.717, 1.165) is 46.6 Å². The van der Waals surface area contributed by atoms with Crippen molar-refractivity contribution in [2.75, 3.05) is 6.54 Å². The maximum absolute atomic E-state index is 13.2. The molecule has 1 aliphatic rings. The molecule has 1 amide bonds. The van der Waals surface area contributed by atoms with E-state index in [1.165, 1.54) is 22.2 Å². The fourth-order valence-corrected chi connectivity index (χ4v) is 4.91.